The zero-order chi connectivity index (χ0) is 13.1. The Labute approximate surface area is 110 Å². The first-order valence-corrected chi connectivity index (χ1v) is 7.04. The van der Waals surface area contributed by atoms with Crippen LogP contribution in [-0.2, 0) is 6.61 Å². The van der Waals surface area contributed by atoms with E-state index in [9.17, 15) is 5.11 Å². The molecule has 3 nitrogen and oxygen atoms in total. The van der Waals surface area contributed by atoms with Crippen LogP contribution in [0.15, 0.2) is 12.1 Å². The summed E-state index contributed by atoms with van der Waals surface area (Å²) >= 11 is 0. The van der Waals surface area contributed by atoms with E-state index in [2.05, 4.69) is 25.7 Å². The normalized spacial score (nSPS) is 19.8. The Balaban J connectivity index is 2.34. The highest BCUT2D eigenvalue weighted by atomic mass is 16.3. The van der Waals surface area contributed by atoms with Crippen molar-refractivity contribution >= 4 is 5.82 Å². The fourth-order valence-electron chi connectivity index (χ4n) is 2.69. The van der Waals surface area contributed by atoms with Gasteiger partial charge in [-0.05, 0) is 42.9 Å². The minimum atomic E-state index is 0.0971. The molecule has 2 rings (SSSR count). The third kappa shape index (κ3) is 2.66. The van der Waals surface area contributed by atoms with Crippen LogP contribution >= 0.6 is 0 Å². The summed E-state index contributed by atoms with van der Waals surface area (Å²) in [6.07, 6.45) is 3.68. The lowest BCUT2D eigenvalue weighted by Crippen LogP contribution is -2.29. The highest BCUT2D eigenvalue weighted by molar-refractivity contribution is 5.45. The molecule has 100 valence electrons. The van der Waals surface area contributed by atoms with Crippen molar-refractivity contribution in [2.24, 2.45) is 0 Å². The van der Waals surface area contributed by atoms with Crippen molar-refractivity contribution in [3.63, 3.8) is 0 Å². The third-order valence-corrected chi connectivity index (χ3v) is 3.81. The molecule has 0 aromatic carbocycles. The summed E-state index contributed by atoms with van der Waals surface area (Å²) in [7, 11) is 0. The van der Waals surface area contributed by atoms with Crippen molar-refractivity contribution in [2.75, 3.05) is 11.4 Å². The first-order chi connectivity index (χ1) is 8.65. The van der Waals surface area contributed by atoms with E-state index >= 15 is 0 Å². The highest BCUT2D eigenvalue weighted by Crippen LogP contribution is 2.28. The number of aliphatic hydroxyl groups is 1. The van der Waals surface area contributed by atoms with Gasteiger partial charge in [0.2, 0.25) is 0 Å². The molecule has 1 aromatic rings. The minimum absolute atomic E-state index is 0.0971. The molecule has 0 aliphatic carbocycles. The van der Waals surface area contributed by atoms with E-state index in [4.69, 9.17) is 4.98 Å². The predicted molar refractivity (Wildman–Crippen MR) is 74.9 cm³/mol. The van der Waals surface area contributed by atoms with Crippen LogP contribution in [0, 0.1) is 0 Å². The van der Waals surface area contributed by atoms with Gasteiger partial charge in [-0.1, -0.05) is 20.8 Å². The smallest absolute Gasteiger partial charge is 0.129 e. The first kappa shape index (κ1) is 13.3. The Kier molecular flexibility index (Phi) is 4.23. The number of hydrogen-bond acceptors (Lipinski definition) is 3. The standard InChI is InChI=1S/C15H24N2O/c1-4-13-6-5-7-17(13)15-9-12(10-18)8-14(16-15)11(2)3/h8-9,11,13,18H,4-7,10H2,1-3H3. The van der Waals surface area contributed by atoms with Crippen LogP contribution in [0.1, 0.15) is 57.2 Å². The highest BCUT2D eigenvalue weighted by Gasteiger charge is 2.24. The molecule has 1 saturated heterocycles. The predicted octanol–water partition coefficient (Wildman–Crippen LogP) is 3.08. The molecule has 18 heavy (non-hydrogen) atoms. The molecular formula is C15H24N2O. The lowest BCUT2D eigenvalue weighted by atomic mass is 10.1. The summed E-state index contributed by atoms with van der Waals surface area (Å²) in [5.41, 5.74) is 2.06. The Morgan fingerprint density at radius 2 is 2.22 bits per heavy atom. The van der Waals surface area contributed by atoms with Crippen molar-refractivity contribution in [3.05, 3.63) is 23.4 Å². The largest absolute Gasteiger partial charge is 0.392 e. The van der Waals surface area contributed by atoms with Crippen LogP contribution in [0.25, 0.3) is 0 Å². The second-order valence-electron chi connectivity index (χ2n) is 5.47. The second-order valence-corrected chi connectivity index (χ2v) is 5.47. The molecule has 3 heteroatoms. The molecule has 0 bridgehead atoms. The maximum atomic E-state index is 9.39. The topological polar surface area (TPSA) is 36.4 Å². The van der Waals surface area contributed by atoms with Gasteiger partial charge in [-0.2, -0.15) is 0 Å². The average molecular weight is 248 g/mol. The van der Waals surface area contributed by atoms with Gasteiger partial charge in [0.25, 0.3) is 0 Å². The minimum Gasteiger partial charge on any atom is -0.392 e. The number of anilines is 1. The van der Waals surface area contributed by atoms with Crippen LogP contribution in [-0.4, -0.2) is 22.7 Å². The fraction of sp³-hybridized carbons (Fsp3) is 0.667. The first-order valence-electron chi connectivity index (χ1n) is 7.04. The number of hydrogen-bond donors (Lipinski definition) is 1. The summed E-state index contributed by atoms with van der Waals surface area (Å²) in [5.74, 6) is 1.45. The molecule has 0 amide bonds. The van der Waals surface area contributed by atoms with Crippen molar-refractivity contribution in [2.45, 2.75) is 58.6 Å². The van der Waals surface area contributed by atoms with Crippen LogP contribution in [0.2, 0.25) is 0 Å². The van der Waals surface area contributed by atoms with E-state index in [1.807, 2.05) is 12.1 Å². The maximum absolute atomic E-state index is 9.39. The van der Waals surface area contributed by atoms with Crippen LogP contribution in [0.4, 0.5) is 5.82 Å². The number of nitrogens with zero attached hydrogens (tertiary/aromatic N) is 2. The quantitative estimate of drug-likeness (QED) is 0.889. The van der Waals surface area contributed by atoms with E-state index in [1.54, 1.807) is 0 Å². The molecule has 1 unspecified atom stereocenters. The van der Waals surface area contributed by atoms with Crippen molar-refractivity contribution in [1.82, 2.24) is 4.98 Å². The summed E-state index contributed by atoms with van der Waals surface area (Å²) in [6.45, 7) is 7.73. The molecule has 1 aliphatic heterocycles. The molecule has 1 aliphatic rings. The van der Waals surface area contributed by atoms with E-state index < -0.39 is 0 Å². The molecule has 1 fully saturated rings. The average Bonchev–Trinajstić information content (AvgIpc) is 2.86. The number of aromatic nitrogens is 1. The van der Waals surface area contributed by atoms with E-state index in [0.29, 0.717) is 12.0 Å². The summed E-state index contributed by atoms with van der Waals surface area (Å²) < 4.78 is 0. The molecule has 2 heterocycles. The molecule has 0 spiro atoms. The zero-order valence-electron chi connectivity index (χ0n) is 11.7. The van der Waals surface area contributed by atoms with Gasteiger partial charge in [-0.3, -0.25) is 0 Å². The van der Waals surface area contributed by atoms with Crippen molar-refractivity contribution < 1.29 is 5.11 Å². The van der Waals surface area contributed by atoms with Crippen LogP contribution in [0.3, 0.4) is 0 Å². The Morgan fingerprint density at radius 3 is 2.83 bits per heavy atom. The molecule has 1 atom stereocenters. The molecule has 1 aromatic heterocycles. The van der Waals surface area contributed by atoms with Gasteiger partial charge in [0.1, 0.15) is 5.82 Å². The van der Waals surface area contributed by atoms with E-state index in [1.165, 1.54) is 19.3 Å². The third-order valence-electron chi connectivity index (χ3n) is 3.81. The number of pyridine rings is 1. The number of aliphatic hydroxyl groups excluding tert-OH is 1. The van der Waals surface area contributed by atoms with Crippen LogP contribution in [0.5, 0.6) is 0 Å². The van der Waals surface area contributed by atoms with Gasteiger partial charge in [0, 0.05) is 18.3 Å². The fourth-order valence-corrected chi connectivity index (χ4v) is 2.69. The Hall–Kier alpha value is -1.09. The van der Waals surface area contributed by atoms with Gasteiger partial charge in [0.15, 0.2) is 0 Å². The maximum Gasteiger partial charge on any atom is 0.129 e. The van der Waals surface area contributed by atoms with Gasteiger partial charge >= 0.3 is 0 Å². The van der Waals surface area contributed by atoms with Crippen LogP contribution < -0.4 is 4.90 Å². The molecular weight excluding hydrogens is 224 g/mol. The Bertz CT molecular complexity index is 403. The van der Waals surface area contributed by atoms with Gasteiger partial charge in [-0.15, -0.1) is 0 Å². The second kappa shape index (κ2) is 5.70. The lowest BCUT2D eigenvalue weighted by molar-refractivity contribution is 0.281. The van der Waals surface area contributed by atoms with Gasteiger partial charge in [-0.25, -0.2) is 4.98 Å². The van der Waals surface area contributed by atoms with E-state index in [-0.39, 0.29) is 6.61 Å². The van der Waals surface area contributed by atoms with E-state index in [0.717, 1.165) is 23.6 Å². The zero-order valence-corrected chi connectivity index (χ0v) is 11.7. The lowest BCUT2D eigenvalue weighted by Gasteiger charge is -2.26. The summed E-state index contributed by atoms with van der Waals surface area (Å²) in [5, 5.41) is 9.39. The van der Waals surface area contributed by atoms with Crippen molar-refractivity contribution in [1.29, 1.82) is 0 Å². The molecule has 0 radical (unpaired) electrons. The SMILES string of the molecule is CCC1CCCN1c1cc(CO)cc(C(C)C)n1. The molecule has 1 N–H and O–H groups in total. The van der Waals surface area contributed by atoms with Gasteiger partial charge in [0.05, 0.1) is 6.61 Å². The van der Waals surface area contributed by atoms with Crippen molar-refractivity contribution in [3.8, 4) is 0 Å². The van der Waals surface area contributed by atoms with Gasteiger partial charge < -0.3 is 10.0 Å². The molecule has 0 saturated carbocycles. The summed E-state index contributed by atoms with van der Waals surface area (Å²) in [6, 6.07) is 4.68. The Morgan fingerprint density at radius 1 is 1.44 bits per heavy atom. The summed E-state index contributed by atoms with van der Waals surface area (Å²) in [4.78, 5) is 7.18. The number of rotatable bonds is 4. The monoisotopic (exact) mass is 248 g/mol.